The van der Waals surface area contributed by atoms with Crippen molar-refractivity contribution in [2.24, 2.45) is 5.92 Å². The van der Waals surface area contributed by atoms with Gasteiger partial charge in [-0.25, -0.2) is 0 Å². The van der Waals surface area contributed by atoms with Crippen LogP contribution in [0.5, 0.6) is 0 Å². The summed E-state index contributed by atoms with van der Waals surface area (Å²) in [5, 5.41) is 2.83. The number of amides is 2. The van der Waals surface area contributed by atoms with Crippen molar-refractivity contribution in [2.75, 3.05) is 19.6 Å². The highest BCUT2D eigenvalue weighted by Gasteiger charge is 2.10. The lowest BCUT2D eigenvalue weighted by Gasteiger charge is -2.21. The predicted molar refractivity (Wildman–Crippen MR) is 80.2 cm³/mol. The second kappa shape index (κ2) is 8.35. The van der Waals surface area contributed by atoms with Crippen LogP contribution in [0, 0.1) is 5.92 Å². The van der Waals surface area contributed by atoms with Gasteiger partial charge in [0.25, 0.3) is 0 Å². The lowest BCUT2D eigenvalue weighted by atomic mass is 10.1. The van der Waals surface area contributed by atoms with Crippen molar-refractivity contribution in [1.82, 2.24) is 10.2 Å². The van der Waals surface area contributed by atoms with E-state index in [9.17, 15) is 9.59 Å². The summed E-state index contributed by atoms with van der Waals surface area (Å²) in [6, 6.07) is 10.1. The normalized spacial score (nSPS) is 10.4. The lowest BCUT2D eigenvalue weighted by molar-refractivity contribution is -0.129. The van der Waals surface area contributed by atoms with Gasteiger partial charge in [0, 0.05) is 32.5 Å². The van der Waals surface area contributed by atoms with E-state index < -0.39 is 0 Å². The Morgan fingerprint density at radius 2 is 1.80 bits per heavy atom. The van der Waals surface area contributed by atoms with Crippen molar-refractivity contribution in [3.63, 3.8) is 0 Å². The first kappa shape index (κ1) is 16.2. The number of rotatable bonds is 7. The van der Waals surface area contributed by atoms with E-state index in [-0.39, 0.29) is 17.7 Å². The average Bonchev–Trinajstić information content (AvgIpc) is 2.42. The Labute approximate surface area is 121 Å². The first-order chi connectivity index (χ1) is 9.50. The molecular formula is C16H24N2O2. The van der Waals surface area contributed by atoms with E-state index in [0.29, 0.717) is 19.6 Å². The van der Waals surface area contributed by atoms with E-state index in [4.69, 9.17) is 0 Å². The Morgan fingerprint density at radius 1 is 1.15 bits per heavy atom. The summed E-state index contributed by atoms with van der Waals surface area (Å²) in [5.74, 6) is 0.0429. The SMILES string of the molecule is CC(=O)N(CCNC(=O)C(C)C)CCc1ccccc1. The molecule has 0 saturated carbocycles. The van der Waals surface area contributed by atoms with E-state index >= 15 is 0 Å². The molecule has 1 aromatic carbocycles. The molecular weight excluding hydrogens is 252 g/mol. The monoisotopic (exact) mass is 276 g/mol. The minimum absolute atomic E-state index is 0.0231. The minimum atomic E-state index is -0.0231. The Kier molecular flexibility index (Phi) is 6.77. The van der Waals surface area contributed by atoms with Crippen molar-refractivity contribution in [2.45, 2.75) is 27.2 Å². The van der Waals surface area contributed by atoms with Crippen LogP contribution in [0.2, 0.25) is 0 Å². The number of benzene rings is 1. The number of hydrogen-bond acceptors (Lipinski definition) is 2. The Hall–Kier alpha value is -1.84. The van der Waals surface area contributed by atoms with Crippen LogP contribution in [-0.4, -0.2) is 36.3 Å². The third-order valence-electron chi connectivity index (χ3n) is 3.16. The number of carbonyl (C=O) groups excluding carboxylic acids is 2. The molecule has 0 bridgehead atoms. The van der Waals surface area contributed by atoms with Gasteiger partial charge in [-0.3, -0.25) is 9.59 Å². The molecule has 0 aromatic heterocycles. The van der Waals surface area contributed by atoms with Gasteiger partial charge in [-0.1, -0.05) is 44.2 Å². The van der Waals surface area contributed by atoms with Gasteiger partial charge in [0.1, 0.15) is 0 Å². The highest BCUT2D eigenvalue weighted by Crippen LogP contribution is 2.01. The summed E-state index contributed by atoms with van der Waals surface area (Å²) in [6.45, 7) is 7.01. The van der Waals surface area contributed by atoms with Crippen LogP contribution in [0.1, 0.15) is 26.3 Å². The number of hydrogen-bond donors (Lipinski definition) is 1. The molecule has 1 aromatic rings. The average molecular weight is 276 g/mol. The number of nitrogens with zero attached hydrogens (tertiary/aromatic N) is 1. The zero-order valence-corrected chi connectivity index (χ0v) is 12.6. The molecule has 110 valence electrons. The molecule has 4 heteroatoms. The van der Waals surface area contributed by atoms with Crippen LogP contribution >= 0.6 is 0 Å². The maximum absolute atomic E-state index is 11.6. The lowest BCUT2D eigenvalue weighted by Crippen LogP contribution is -2.39. The Morgan fingerprint density at radius 3 is 2.35 bits per heavy atom. The van der Waals surface area contributed by atoms with Gasteiger partial charge in [-0.15, -0.1) is 0 Å². The first-order valence-electron chi connectivity index (χ1n) is 7.08. The smallest absolute Gasteiger partial charge is 0.222 e. The molecule has 0 fully saturated rings. The molecule has 0 aliphatic carbocycles. The molecule has 0 aliphatic heterocycles. The van der Waals surface area contributed by atoms with Crippen molar-refractivity contribution in [1.29, 1.82) is 0 Å². The molecule has 0 atom stereocenters. The summed E-state index contributed by atoms with van der Waals surface area (Å²) >= 11 is 0. The second-order valence-electron chi connectivity index (χ2n) is 5.19. The van der Waals surface area contributed by atoms with Crippen LogP contribution in [0.25, 0.3) is 0 Å². The third-order valence-corrected chi connectivity index (χ3v) is 3.16. The molecule has 0 heterocycles. The molecule has 0 saturated heterocycles. The molecule has 20 heavy (non-hydrogen) atoms. The van der Waals surface area contributed by atoms with Gasteiger partial charge in [0.15, 0.2) is 0 Å². The molecule has 2 amide bonds. The number of nitrogens with one attached hydrogen (secondary N) is 1. The molecule has 1 N–H and O–H groups in total. The molecule has 4 nitrogen and oxygen atoms in total. The zero-order chi connectivity index (χ0) is 15.0. The van der Waals surface area contributed by atoms with Crippen LogP contribution < -0.4 is 5.32 Å². The van der Waals surface area contributed by atoms with Crippen LogP contribution in [0.15, 0.2) is 30.3 Å². The summed E-state index contributed by atoms with van der Waals surface area (Å²) in [7, 11) is 0. The van der Waals surface area contributed by atoms with Crippen molar-refractivity contribution in [3.05, 3.63) is 35.9 Å². The van der Waals surface area contributed by atoms with Crippen LogP contribution in [0.4, 0.5) is 0 Å². The van der Waals surface area contributed by atoms with Crippen molar-refractivity contribution < 1.29 is 9.59 Å². The summed E-state index contributed by atoms with van der Waals surface area (Å²) in [5.41, 5.74) is 1.21. The molecule has 0 unspecified atom stereocenters. The molecule has 0 aliphatic rings. The quantitative estimate of drug-likeness (QED) is 0.826. The highest BCUT2D eigenvalue weighted by atomic mass is 16.2. The molecule has 1 rings (SSSR count). The van der Waals surface area contributed by atoms with Crippen molar-refractivity contribution in [3.8, 4) is 0 Å². The summed E-state index contributed by atoms with van der Waals surface area (Å²) in [6.07, 6.45) is 0.832. The van der Waals surface area contributed by atoms with E-state index in [1.165, 1.54) is 5.56 Å². The van der Waals surface area contributed by atoms with Gasteiger partial charge < -0.3 is 10.2 Å². The van der Waals surface area contributed by atoms with E-state index in [1.54, 1.807) is 11.8 Å². The van der Waals surface area contributed by atoms with Gasteiger partial charge >= 0.3 is 0 Å². The third kappa shape index (κ3) is 5.87. The van der Waals surface area contributed by atoms with Crippen molar-refractivity contribution >= 4 is 11.8 Å². The predicted octanol–water partition coefficient (Wildman–Crippen LogP) is 1.85. The Balaban J connectivity index is 2.37. The fraction of sp³-hybridized carbons (Fsp3) is 0.500. The largest absolute Gasteiger partial charge is 0.354 e. The van der Waals surface area contributed by atoms with Crippen LogP contribution in [-0.2, 0) is 16.0 Å². The van der Waals surface area contributed by atoms with Gasteiger partial charge in [-0.2, -0.15) is 0 Å². The fourth-order valence-corrected chi connectivity index (χ4v) is 1.85. The fourth-order valence-electron chi connectivity index (χ4n) is 1.85. The Bertz CT molecular complexity index is 429. The highest BCUT2D eigenvalue weighted by molar-refractivity contribution is 5.78. The summed E-state index contributed by atoms with van der Waals surface area (Å²) in [4.78, 5) is 24.8. The minimum Gasteiger partial charge on any atom is -0.354 e. The topological polar surface area (TPSA) is 49.4 Å². The van der Waals surface area contributed by atoms with Gasteiger partial charge in [0.2, 0.25) is 11.8 Å². The standard InChI is InChI=1S/C16H24N2O2/c1-13(2)16(20)17-10-12-18(14(3)19)11-9-15-7-5-4-6-8-15/h4-8,13H,9-12H2,1-3H3,(H,17,20). The second-order valence-corrected chi connectivity index (χ2v) is 5.19. The van der Waals surface area contributed by atoms with E-state index in [0.717, 1.165) is 6.42 Å². The van der Waals surface area contributed by atoms with E-state index in [1.807, 2.05) is 32.0 Å². The van der Waals surface area contributed by atoms with Crippen LogP contribution in [0.3, 0.4) is 0 Å². The maximum Gasteiger partial charge on any atom is 0.222 e. The van der Waals surface area contributed by atoms with Gasteiger partial charge in [0.05, 0.1) is 0 Å². The maximum atomic E-state index is 11.6. The molecule has 0 radical (unpaired) electrons. The summed E-state index contributed by atoms with van der Waals surface area (Å²) < 4.78 is 0. The number of carbonyl (C=O) groups is 2. The first-order valence-corrected chi connectivity index (χ1v) is 7.08. The molecule has 0 spiro atoms. The van der Waals surface area contributed by atoms with Gasteiger partial charge in [-0.05, 0) is 12.0 Å². The zero-order valence-electron chi connectivity index (χ0n) is 12.6. The van der Waals surface area contributed by atoms with E-state index in [2.05, 4.69) is 17.4 Å².